The molecule has 0 saturated heterocycles. The molecule has 1 aliphatic rings. The lowest BCUT2D eigenvalue weighted by atomic mass is 9.80. The Bertz CT molecular complexity index is 211. The highest BCUT2D eigenvalue weighted by atomic mass is 14.5. The average molecular weight is 179 g/mol. The highest BCUT2D eigenvalue weighted by Gasteiger charge is 2.18. The smallest absolute Gasteiger partial charge is 0.00721 e. The molecular formula is C12H21N. The summed E-state index contributed by atoms with van der Waals surface area (Å²) < 4.78 is 0. The van der Waals surface area contributed by atoms with E-state index < -0.39 is 0 Å². The Hall–Kier alpha value is -0.560. The Morgan fingerprint density at radius 2 is 2.23 bits per heavy atom. The molecule has 0 fully saturated rings. The molecule has 0 bridgehead atoms. The van der Waals surface area contributed by atoms with E-state index in [9.17, 15) is 0 Å². The highest BCUT2D eigenvalue weighted by Crippen LogP contribution is 2.31. The molecule has 2 N–H and O–H groups in total. The van der Waals surface area contributed by atoms with Crippen molar-refractivity contribution in [1.82, 2.24) is 0 Å². The molecule has 1 nitrogen and oxygen atoms in total. The third-order valence-electron chi connectivity index (χ3n) is 2.63. The quantitative estimate of drug-likeness (QED) is 0.705. The largest absolute Gasteiger partial charge is 0.330 e. The molecule has 1 rings (SSSR count). The van der Waals surface area contributed by atoms with Gasteiger partial charge in [-0.1, -0.05) is 37.6 Å². The molecule has 74 valence electrons. The molecule has 0 atom stereocenters. The topological polar surface area (TPSA) is 26.0 Å². The minimum atomic E-state index is 0.381. The van der Waals surface area contributed by atoms with Crippen molar-refractivity contribution in [3.8, 4) is 0 Å². The molecule has 13 heavy (non-hydrogen) atoms. The van der Waals surface area contributed by atoms with Crippen molar-refractivity contribution in [3.63, 3.8) is 0 Å². The molecule has 0 heterocycles. The van der Waals surface area contributed by atoms with Gasteiger partial charge in [-0.2, -0.15) is 0 Å². The van der Waals surface area contributed by atoms with Gasteiger partial charge in [-0.25, -0.2) is 0 Å². The lowest BCUT2D eigenvalue weighted by Gasteiger charge is -2.26. The maximum atomic E-state index is 5.59. The van der Waals surface area contributed by atoms with E-state index in [0.717, 1.165) is 13.0 Å². The fourth-order valence-electron chi connectivity index (χ4n) is 1.89. The Morgan fingerprint density at radius 1 is 1.46 bits per heavy atom. The fourth-order valence-corrected chi connectivity index (χ4v) is 1.89. The second-order valence-electron chi connectivity index (χ2n) is 4.67. The number of rotatable bonds is 4. The van der Waals surface area contributed by atoms with Crippen LogP contribution in [0.15, 0.2) is 23.8 Å². The summed E-state index contributed by atoms with van der Waals surface area (Å²) in [7, 11) is 0. The van der Waals surface area contributed by atoms with E-state index in [4.69, 9.17) is 5.73 Å². The van der Waals surface area contributed by atoms with Gasteiger partial charge in [-0.15, -0.1) is 0 Å². The Morgan fingerprint density at radius 3 is 2.77 bits per heavy atom. The Kier molecular flexibility index (Phi) is 3.73. The monoisotopic (exact) mass is 179 g/mol. The number of hydrogen-bond acceptors (Lipinski definition) is 1. The number of allylic oxidation sites excluding steroid dienone is 4. The summed E-state index contributed by atoms with van der Waals surface area (Å²) in [6.45, 7) is 5.41. The van der Waals surface area contributed by atoms with Gasteiger partial charge in [0.05, 0.1) is 0 Å². The first-order valence-electron chi connectivity index (χ1n) is 5.19. The van der Waals surface area contributed by atoms with E-state index in [1.54, 1.807) is 5.57 Å². The minimum Gasteiger partial charge on any atom is -0.330 e. The van der Waals surface area contributed by atoms with E-state index in [0.29, 0.717) is 5.41 Å². The molecule has 1 heteroatoms. The minimum absolute atomic E-state index is 0.381. The summed E-state index contributed by atoms with van der Waals surface area (Å²) in [5, 5.41) is 0. The average Bonchev–Trinajstić information content (AvgIpc) is 2.04. The zero-order valence-electron chi connectivity index (χ0n) is 8.84. The first-order valence-corrected chi connectivity index (χ1v) is 5.19. The lowest BCUT2D eigenvalue weighted by Crippen LogP contribution is -2.18. The van der Waals surface area contributed by atoms with Gasteiger partial charge in [0.15, 0.2) is 0 Å². The molecule has 1 aliphatic carbocycles. The maximum absolute atomic E-state index is 5.59. The van der Waals surface area contributed by atoms with Gasteiger partial charge >= 0.3 is 0 Å². The van der Waals surface area contributed by atoms with Crippen LogP contribution in [0.4, 0.5) is 0 Å². The second-order valence-corrected chi connectivity index (χ2v) is 4.67. The van der Waals surface area contributed by atoms with Crippen molar-refractivity contribution < 1.29 is 0 Å². The van der Waals surface area contributed by atoms with Gasteiger partial charge in [-0.05, 0) is 37.6 Å². The summed E-state index contributed by atoms with van der Waals surface area (Å²) in [5.41, 5.74) is 7.55. The number of nitrogens with two attached hydrogens (primary N) is 1. The van der Waals surface area contributed by atoms with Crippen molar-refractivity contribution in [2.45, 2.75) is 39.5 Å². The first kappa shape index (κ1) is 10.5. The lowest BCUT2D eigenvalue weighted by molar-refractivity contribution is 0.334. The van der Waals surface area contributed by atoms with Crippen molar-refractivity contribution >= 4 is 0 Å². The van der Waals surface area contributed by atoms with Gasteiger partial charge in [0.25, 0.3) is 0 Å². The number of hydrogen-bond donors (Lipinski definition) is 1. The zero-order chi connectivity index (χ0) is 9.73. The van der Waals surface area contributed by atoms with Gasteiger partial charge < -0.3 is 5.73 Å². The molecule has 0 spiro atoms. The molecule has 0 radical (unpaired) electrons. The van der Waals surface area contributed by atoms with E-state index in [1.807, 2.05) is 0 Å². The summed E-state index contributed by atoms with van der Waals surface area (Å²) in [4.78, 5) is 0. The van der Waals surface area contributed by atoms with Crippen LogP contribution in [0, 0.1) is 5.41 Å². The van der Waals surface area contributed by atoms with Crippen LogP contribution in [-0.4, -0.2) is 6.54 Å². The van der Waals surface area contributed by atoms with Crippen molar-refractivity contribution in [2.75, 3.05) is 6.54 Å². The normalized spacial score (nSPS) is 17.3. The van der Waals surface area contributed by atoms with E-state index >= 15 is 0 Å². The van der Waals surface area contributed by atoms with Crippen LogP contribution in [-0.2, 0) is 0 Å². The summed E-state index contributed by atoms with van der Waals surface area (Å²) >= 11 is 0. The Balaban J connectivity index is 2.46. The van der Waals surface area contributed by atoms with Crippen LogP contribution in [0.3, 0.4) is 0 Å². The van der Waals surface area contributed by atoms with Gasteiger partial charge in [0.2, 0.25) is 0 Å². The summed E-state index contributed by atoms with van der Waals surface area (Å²) in [6, 6.07) is 0. The molecule has 0 saturated carbocycles. The van der Waals surface area contributed by atoms with Crippen LogP contribution in [0.5, 0.6) is 0 Å². The molecule has 0 amide bonds. The summed E-state index contributed by atoms with van der Waals surface area (Å²) in [5.74, 6) is 0. The Labute approximate surface area is 81.7 Å². The fraction of sp³-hybridized carbons (Fsp3) is 0.667. The van der Waals surface area contributed by atoms with Crippen LogP contribution < -0.4 is 5.73 Å². The van der Waals surface area contributed by atoms with Crippen LogP contribution >= 0.6 is 0 Å². The molecule has 0 aromatic carbocycles. The predicted octanol–water partition coefficient (Wildman–Crippen LogP) is 3.03. The molecular weight excluding hydrogens is 158 g/mol. The molecule has 0 aromatic rings. The maximum Gasteiger partial charge on any atom is -0.00721 e. The SMILES string of the molecule is CC(C)(CCN)CC1=CC=CCC1. The van der Waals surface area contributed by atoms with Crippen LogP contribution in [0.2, 0.25) is 0 Å². The van der Waals surface area contributed by atoms with Crippen molar-refractivity contribution in [1.29, 1.82) is 0 Å². The van der Waals surface area contributed by atoms with E-state index in [1.165, 1.54) is 19.3 Å². The third kappa shape index (κ3) is 3.77. The van der Waals surface area contributed by atoms with Crippen molar-refractivity contribution in [2.24, 2.45) is 11.1 Å². The summed E-state index contributed by atoms with van der Waals surface area (Å²) in [6.07, 6.45) is 11.5. The van der Waals surface area contributed by atoms with Gasteiger partial charge in [0, 0.05) is 0 Å². The van der Waals surface area contributed by atoms with Gasteiger partial charge in [-0.3, -0.25) is 0 Å². The standard InChI is InChI=1S/C12H21N/c1-12(2,8-9-13)10-11-6-4-3-5-7-11/h3-4,6H,5,7-10,13H2,1-2H3. The van der Waals surface area contributed by atoms with Crippen LogP contribution in [0.1, 0.15) is 39.5 Å². The van der Waals surface area contributed by atoms with Crippen LogP contribution in [0.25, 0.3) is 0 Å². The molecule has 0 unspecified atom stereocenters. The predicted molar refractivity (Wildman–Crippen MR) is 58.5 cm³/mol. The highest BCUT2D eigenvalue weighted by molar-refractivity contribution is 5.18. The second kappa shape index (κ2) is 4.61. The zero-order valence-corrected chi connectivity index (χ0v) is 8.84. The van der Waals surface area contributed by atoms with Gasteiger partial charge in [0.1, 0.15) is 0 Å². The van der Waals surface area contributed by atoms with E-state index in [2.05, 4.69) is 32.1 Å². The molecule has 0 aliphatic heterocycles. The van der Waals surface area contributed by atoms with E-state index in [-0.39, 0.29) is 0 Å². The van der Waals surface area contributed by atoms with Crippen molar-refractivity contribution in [3.05, 3.63) is 23.8 Å². The first-order chi connectivity index (χ1) is 6.14. The molecule has 0 aromatic heterocycles. The third-order valence-corrected chi connectivity index (χ3v) is 2.63.